The number of hydrogen-bond donors (Lipinski definition) is 1. The van der Waals surface area contributed by atoms with Gasteiger partial charge in [-0.3, -0.25) is 10.2 Å². The highest BCUT2D eigenvalue weighted by Crippen LogP contribution is 2.42. The first-order valence-electron chi connectivity index (χ1n) is 9.93. The van der Waals surface area contributed by atoms with Crippen LogP contribution in [-0.2, 0) is 6.42 Å². The smallest absolute Gasteiger partial charge is 0.283 e. The molecule has 0 unspecified atom stereocenters. The van der Waals surface area contributed by atoms with E-state index in [1.807, 2.05) is 29.3 Å². The van der Waals surface area contributed by atoms with E-state index in [0.29, 0.717) is 32.9 Å². The molecule has 2 aliphatic rings. The van der Waals surface area contributed by atoms with Crippen LogP contribution in [0.2, 0.25) is 15.1 Å². The fraction of sp³-hybridized carbons (Fsp3) is 0.273. The highest BCUT2D eigenvalue weighted by atomic mass is 35.5. The van der Waals surface area contributed by atoms with Crippen molar-refractivity contribution in [3.63, 3.8) is 0 Å². The summed E-state index contributed by atoms with van der Waals surface area (Å²) < 4.78 is 1.74. The van der Waals surface area contributed by atoms with Crippen molar-refractivity contribution in [2.75, 3.05) is 13.1 Å². The van der Waals surface area contributed by atoms with Crippen molar-refractivity contribution in [1.82, 2.24) is 20.2 Å². The SMILES string of the molecule is O=C(NN1CCCCC1)c1nn(-c2ccc(Cl)cc2Cl)c2c1Cc1ccc(Cl)cc1-2. The molecule has 1 aliphatic carbocycles. The summed E-state index contributed by atoms with van der Waals surface area (Å²) in [6, 6.07) is 11.0. The molecule has 1 aliphatic heterocycles. The zero-order chi connectivity index (χ0) is 20.8. The number of benzene rings is 2. The number of nitrogens with one attached hydrogen (secondary N) is 1. The minimum absolute atomic E-state index is 0.198. The fourth-order valence-corrected chi connectivity index (χ4v) is 4.88. The number of hydrogen-bond acceptors (Lipinski definition) is 3. The van der Waals surface area contributed by atoms with Crippen molar-refractivity contribution < 1.29 is 4.79 Å². The lowest BCUT2D eigenvalue weighted by atomic mass is 10.1. The summed E-state index contributed by atoms with van der Waals surface area (Å²) in [6.07, 6.45) is 3.98. The molecule has 1 aromatic heterocycles. The van der Waals surface area contributed by atoms with E-state index in [9.17, 15) is 4.79 Å². The Hall–Kier alpha value is -2.05. The van der Waals surface area contributed by atoms with E-state index in [1.165, 1.54) is 6.42 Å². The number of fused-ring (bicyclic) bond motifs is 3. The molecule has 0 atom stereocenters. The van der Waals surface area contributed by atoms with Gasteiger partial charge >= 0.3 is 0 Å². The zero-order valence-electron chi connectivity index (χ0n) is 16.1. The maximum atomic E-state index is 13.2. The van der Waals surface area contributed by atoms with Gasteiger partial charge < -0.3 is 0 Å². The van der Waals surface area contributed by atoms with Crippen molar-refractivity contribution in [2.24, 2.45) is 0 Å². The number of amides is 1. The quantitative estimate of drug-likeness (QED) is 0.436. The Morgan fingerprint density at radius 3 is 2.47 bits per heavy atom. The number of aromatic nitrogens is 2. The summed E-state index contributed by atoms with van der Waals surface area (Å²) in [7, 11) is 0. The minimum Gasteiger partial charge on any atom is -0.283 e. The number of rotatable bonds is 3. The third-order valence-electron chi connectivity index (χ3n) is 5.65. The Bertz CT molecular complexity index is 1150. The lowest BCUT2D eigenvalue weighted by Crippen LogP contribution is -2.45. The minimum atomic E-state index is -0.198. The standard InChI is InChI=1S/C22H19Cl3N4O/c23-14-5-4-13-10-17-20(22(30)27-28-8-2-1-3-9-28)26-29(21(17)16(13)11-14)19-7-6-15(24)12-18(19)25/h4-7,11-12H,1-3,8-10H2,(H,27,30). The van der Waals surface area contributed by atoms with E-state index in [4.69, 9.17) is 39.9 Å². The molecular weight excluding hydrogens is 443 g/mol. The zero-order valence-corrected chi connectivity index (χ0v) is 18.4. The maximum absolute atomic E-state index is 13.2. The molecule has 1 amide bonds. The Labute approximate surface area is 189 Å². The molecule has 0 spiro atoms. The van der Waals surface area contributed by atoms with Gasteiger partial charge in [0.15, 0.2) is 5.69 Å². The summed E-state index contributed by atoms with van der Waals surface area (Å²) in [5.74, 6) is -0.198. The molecule has 2 aromatic carbocycles. The predicted molar refractivity (Wildman–Crippen MR) is 120 cm³/mol. The van der Waals surface area contributed by atoms with E-state index < -0.39 is 0 Å². The predicted octanol–water partition coefficient (Wildman–Crippen LogP) is 5.53. The fourth-order valence-electron chi connectivity index (χ4n) is 4.22. The molecule has 30 heavy (non-hydrogen) atoms. The molecule has 1 N–H and O–H groups in total. The van der Waals surface area contributed by atoms with Gasteiger partial charge in [0.05, 0.1) is 16.4 Å². The summed E-state index contributed by atoms with van der Waals surface area (Å²) in [5, 5.41) is 8.31. The van der Waals surface area contributed by atoms with Crippen LogP contribution < -0.4 is 5.43 Å². The molecule has 8 heteroatoms. The number of carbonyl (C=O) groups excluding carboxylic acids is 1. The van der Waals surface area contributed by atoms with Crippen LogP contribution in [0.15, 0.2) is 36.4 Å². The van der Waals surface area contributed by atoms with Crippen LogP contribution >= 0.6 is 34.8 Å². The Balaban J connectivity index is 1.62. The van der Waals surface area contributed by atoms with Gasteiger partial charge in [-0.25, -0.2) is 9.69 Å². The van der Waals surface area contributed by atoms with E-state index in [0.717, 1.165) is 48.3 Å². The first-order chi connectivity index (χ1) is 14.5. The van der Waals surface area contributed by atoms with Crippen molar-refractivity contribution in [1.29, 1.82) is 0 Å². The maximum Gasteiger partial charge on any atom is 0.286 e. The molecule has 0 radical (unpaired) electrons. The van der Waals surface area contributed by atoms with Gasteiger partial charge in [0, 0.05) is 40.7 Å². The van der Waals surface area contributed by atoms with Crippen LogP contribution in [0.3, 0.4) is 0 Å². The van der Waals surface area contributed by atoms with E-state index in [2.05, 4.69) is 5.43 Å². The van der Waals surface area contributed by atoms with Crippen molar-refractivity contribution >= 4 is 40.7 Å². The van der Waals surface area contributed by atoms with Crippen LogP contribution in [0.1, 0.15) is 40.9 Å². The van der Waals surface area contributed by atoms with Gasteiger partial charge in [-0.1, -0.05) is 47.3 Å². The molecule has 1 saturated heterocycles. The first-order valence-corrected chi connectivity index (χ1v) is 11.1. The van der Waals surface area contributed by atoms with Crippen LogP contribution in [0.25, 0.3) is 16.9 Å². The van der Waals surface area contributed by atoms with Crippen molar-refractivity contribution in [3.8, 4) is 16.9 Å². The van der Waals surface area contributed by atoms with Gasteiger partial charge in [-0.15, -0.1) is 0 Å². The Morgan fingerprint density at radius 2 is 1.70 bits per heavy atom. The average Bonchev–Trinajstić information content (AvgIpc) is 3.26. The summed E-state index contributed by atoms with van der Waals surface area (Å²) in [5.41, 5.74) is 7.91. The lowest BCUT2D eigenvalue weighted by Gasteiger charge is -2.26. The van der Waals surface area contributed by atoms with Gasteiger partial charge in [-0.2, -0.15) is 5.10 Å². The highest BCUT2D eigenvalue weighted by Gasteiger charge is 2.32. The normalized spacial score (nSPS) is 15.7. The second-order valence-corrected chi connectivity index (χ2v) is 8.93. The monoisotopic (exact) mass is 460 g/mol. The highest BCUT2D eigenvalue weighted by molar-refractivity contribution is 6.35. The summed E-state index contributed by atoms with van der Waals surface area (Å²) in [6.45, 7) is 1.71. The van der Waals surface area contributed by atoms with Gasteiger partial charge in [0.25, 0.3) is 5.91 Å². The lowest BCUT2D eigenvalue weighted by molar-refractivity contribution is 0.0743. The molecule has 2 heterocycles. The number of piperidine rings is 1. The van der Waals surface area contributed by atoms with Crippen molar-refractivity contribution in [2.45, 2.75) is 25.7 Å². The summed E-state index contributed by atoms with van der Waals surface area (Å²) >= 11 is 18.9. The summed E-state index contributed by atoms with van der Waals surface area (Å²) in [4.78, 5) is 13.2. The Kier molecular flexibility index (Phi) is 5.23. The second-order valence-electron chi connectivity index (χ2n) is 7.65. The average molecular weight is 462 g/mol. The molecule has 0 bridgehead atoms. The van der Waals surface area contributed by atoms with E-state index >= 15 is 0 Å². The topological polar surface area (TPSA) is 50.2 Å². The molecule has 1 fully saturated rings. The molecule has 0 saturated carbocycles. The molecular formula is C22H19Cl3N4O. The molecule has 154 valence electrons. The molecule has 3 aromatic rings. The third kappa shape index (κ3) is 3.50. The van der Waals surface area contributed by atoms with Gasteiger partial charge in [0.1, 0.15) is 0 Å². The third-order valence-corrected chi connectivity index (χ3v) is 6.42. The van der Waals surface area contributed by atoms with Crippen LogP contribution in [-0.4, -0.2) is 33.8 Å². The first kappa shape index (κ1) is 19.9. The van der Waals surface area contributed by atoms with Gasteiger partial charge in [-0.05, 0) is 48.7 Å². The Morgan fingerprint density at radius 1 is 0.967 bits per heavy atom. The molecule has 5 rings (SSSR count). The largest absolute Gasteiger partial charge is 0.286 e. The van der Waals surface area contributed by atoms with Gasteiger partial charge in [0.2, 0.25) is 0 Å². The number of hydrazine groups is 1. The number of nitrogens with zero attached hydrogens (tertiary/aromatic N) is 3. The van der Waals surface area contributed by atoms with Crippen LogP contribution in [0.5, 0.6) is 0 Å². The van der Waals surface area contributed by atoms with E-state index in [1.54, 1.807) is 16.8 Å². The van der Waals surface area contributed by atoms with E-state index in [-0.39, 0.29) is 5.91 Å². The number of carbonyl (C=O) groups is 1. The molecule has 5 nitrogen and oxygen atoms in total. The number of halogens is 3. The second kappa shape index (κ2) is 7.89. The van der Waals surface area contributed by atoms with Crippen LogP contribution in [0, 0.1) is 0 Å². The van der Waals surface area contributed by atoms with Crippen LogP contribution in [0.4, 0.5) is 0 Å². The van der Waals surface area contributed by atoms with Crippen molar-refractivity contribution in [3.05, 3.63) is 68.3 Å².